The topological polar surface area (TPSA) is 85.8 Å². The highest BCUT2D eigenvalue weighted by Crippen LogP contribution is 2.21. The summed E-state index contributed by atoms with van der Waals surface area (Å²) < 4.78 is 3.43. The number of carboxylic acids is 1. The van der Waals surface area contributed by atoms with Crippen molar-refractivity contribution < 1.29 is 9.90 Å². The summed E-state index contributed by atoms with van der Waals surface area (Å²) in [6.45, 7) is 0. The molecule has 0 aliphatic heterocycles. The molecular weight excluding hydrogens is 242 g/mol. The average molecular weight is 253 g/mol. The van der Waals surface area contributed by atoms with Crippen LogP contribution in [0.15, 0.2) is 17.6 Å². The minimum Gasteiger partial charge on any atom is -0.481 e. The Labute approximate surface area is 101 Å². The molecule has 0 aliphatic rings. The van der Waals surface area contributed by atoms with Gasteiger partial charge in [-0.15, -0.1) is 10.2 Å². The maximum atomic E-state index is 10.5. The lowest BCUT2D eigenvalue weighted by molar-refractivity contribution is -0.133. The molecule has 0 atom stereocenters. The van der Waals surface area contributed by atoms with E-state index in [1.165, 1.54) is 0 Å². The molecule has 7 nitrogen and oxygen atoms in total. The second-order valence-electron chi connectivity index (χ2n) is 3.45. The van der Waals surface area contributed by atoms with Gasteiger partial charge in [0.2, 0.25) is 0 Å². The standard InChI is InChI=1S/C9H11N5O2S/c1-13-4-6(3-10-13)8-11-12-9(14(8)2)17-5-7(15)16/h3-4H,5H2,1-2H3,(H,15,16). The maximum Gasteiger partial charge on any atom is 0.313 e. The molecular formula is C9H11N5O2S. The summed E-state index contributed by atoms with van der Waals surface area (Å²) in [7, 11) is 3.62. The zero-order valence-electron chi connectivity index (χ0n) is 9.36. The number of carboxylic acid groups (broad SMARTS) is 1. The fraction of sp³-hybridized carbons (Fsp3) is 0.333. The highest BCUT2D eigenvalue weighted by molar-refractivity contribution is 7.99. The van der Waals surface area contributed by atoms with E-state index in [2.05, 4.69) is 15.3 Å². The van der Waals surface area contributed by atoms with Gasteiger partial charge in [0, 0.05) is 20.3 Å². The van der Waals surface area contributed by atoms with Gasteiger partial charge in [-0.05, 0) is 0 Å². The molecule has 17 heavy (non-hydrogen) atoms. The molecule has 0 amide bonds. The van der Waals surface area contributed by atoms with E-state index < -0.39 is 5.97 Å². The van der Waals surface area contributed by atoms with Gasteiger partial charge in [-0.3, -0.25) is 9.48 Å². The largest absolute Gasteiger partial charge is 0.481 e. The monoisotopic (exact) mass is 253 g/mol. The van der Waals surface area contributed by atoms with Crippen molar-refractivity contribution in [2.75, 3.05) is 5.75 Å². The van der Waals surface area contributed by atoms with Crippen LogP contribution in [-0.2, 0) is 18.9 Å². The highest BCUT2D eigenvalue weighted by atomic mass is 32.2. The lowest BCUT2D eigenvalue weighted by Gasteiger charge is -2.00. The second-order valence-corrected chi connectivity index (χ2v) is 4.39. The number of thioether (sulfide) groups is 1. The van der Waals surface area contributed by atoms with E-state index in [0.29, 0.717) is 11.0 Å². The number of hydrogen-bond donors (Lipinski definition) is 1. The van der Waals surface area contributed by atoms with Gasteiger partial charge in [-0.1, -0.05) is 11.8 Å². The number of aryl methyl sites for hydroxylation is 1. The van der Waals surface area contributed by atoms with Gasteiger partial charge < -0.3 is 9.67 Å². The first-order valence-electron chi connectivity index (χ1n) is 4.81. The van der Waals surface area contributed by atoms with Crippen molar-refractivity contribution in [1.82, 2.24) is 24.5 Å². The minimum absolute atomic E-state index is 0.0288. The Kier molecular flexibility index (Phi) is 3.14. The predicted molar refractivity (Wildman–Crippen MR) is 61.6 cm³/mol. The summed E-state index contributed by atoms with van der Waals surface area (Å²) in [5.74, 6) is -0.231. The van der Waals surface area contributed by atoms with Gasteiger partial charge in [-0.2, -0.15) is 5.10 Å². The van der Waals surface area contributed by atoms with Crippen LogP contribution in [0, 0.1) is 0 Å². The van der Waals surface area contributed by atoms with E-state index in [9.17, 15) is 4.79 Å². The van der Waals surface area contributed by atoms with Crippen LogP contribution in [0.4, 0.5) is 0 Å². The molecule has 0 radical (unpaired) electrons. The van der Waals surface area contributed by atoms with Crippen molar-refractivity contribution in [3.63, 3.8) is 0 Å². The molecule has 2 aromatic heterocycles. The van der Waals surface area contributed by atoms with Gasteiger partial charge in [0.15, 0.2) is 11.0 Å². The van der Waals surface area contributed by atoms with Crippen LogP contribution in [0.25, 0.3) is 11.4 Å². The summed E-state index contributed by atoms with van der Waals surface area (Å²) in [6.07, 6.45) is 3.52. The van der Waals surface area contributed by atoms with Gasteiger partial charge in [-0.25, -0.2) is 0 Å². The summed E-state index contributed by atoms with van der Waals surface area (Å²) in [5, 5.41) is 21.2. The summed E-state index contributed by atoms with van der Waals surface area (Å²) in [6, 6.07) is 0. The lowest BCUT2D eigenvalue weighted by atomic mass is 10.3. The van der Waals surface area contributed by atoms with Gasteiger partial charge in [0.05, 0.1) is 17.5 Å². The summed E-state index contributed by atoms with van der Waals surface area (Å²) >= 11 is 1.14. The molecule has 90 valence electrons. The minimum atomic E-state index is -0.874. The molecule has 0 spiro atoms. The molecule has 8 heteroatoms. The zero-order valence-corrected chi connectivity index (χ0v) is 10.2. The molecule has 0 bridgehead atoms. The first kappa shape index (κ1) is 11.6. The van der Waals surface area contributed by atoms with Crippen molar-refractivity contribution in [2.45, 2.75) is 5.16 Å². The number of hydrogen-bond acceptors (Lipinski definition) is 5. The number of nitrogens with zero attached hydrogens (tertiary/aromatic N) is 5. The SMILES string of the molecule is Cn1cc(-c2nnc(SCC(=O)O)n2C)cn1. The van der Waals surface area contributed by atoms with E-state index in [0.717, 1.165) is 17.3 Å². The van der Waals surface area contributed by atoms with E-state index in [1.807, 2.05) is 13.2 Å². The normalized spacial score (nSPS) is 10.7. The van der Waals surface area contributed by atoms with Crippen molar-refractivity contribution in [3.05, 3.63) is 12.4 Å². The van der Waals surface area contributed by atoms with Crippen LogP contribution in [0.3, 0.4) is 0 Å². The molecule has 0 saturated carbocycles. The molecule has 0 unspecified atom stereocenters. The van der Waals surface area contributed by atoms with Crippen LogP contribution in [0.1, 0.15) is 0 Å². The quantitative estimate of drug-likeness (QED) is 0.793. The van der Waals surface area contributed by atoms with E-state index in [4.69, 9.17) is 5.11 Å². The van der Waals surface area contributed by atoms with Crippen LogP contribution < -0.4 is 0 Å². The van der Waals surface area contributed by atoms with Crippen molar-refractivity contribution >= 4 is 17.7 Å². The Morgan fingerprint density at radius 1 is 1.47 bits per heavy atom. The van der Waals surface area contributed by atoms with E-state index in [-0.39, 0.29) is 5.75 Å². The van der Waals surface area contributed by atoms with Gasteiger partial charge in [0.25, 0.3) is 0 Å². The number of aliphatic carboxylic acids is 1. The first-order chi connectivity index (χ1) is 8.08. The Bertz CT molecular complexity index is 547. The van der Waals surface area contributed by atoms with E-state index in [1.54, 1.807) is 22.5 Å². The molecule has 0 aliphatic carbocycles. The first-order valence-corrected chi connectivity index (χ1v) is 5.79. The number of rotatable bonds is 4. The molecule has 0 fully saturated rings. The van der Waals surface area contributed by atoms with Gasteiger partial charge in [0.1, 0.15) is 0 Å². The molecule has 0 aromatic carbocycles. The third kappa shape index (κ3) is 2.47. The third-order valence-electron chi connectivity index (χ3n) is 2.12. The molecule has 0 saturated heterocycles. The summed E-state index contributed by atoms with van der Waals surface area (Å²) in [4.78, 5) is 10.5. The van der Waals surface area contributed by atoms with Crippen LogP contribution in [0.2, 0.25) is 0 Å². The Morgan fingerprint density at radius 3 is 2.82 bits per heavy atom. The fourth-order valence-corrected chi connectivity index (χ4v) is 1.99. The third-order valence-corrected chi connectivity index (χ3v) is 3.13. The highest BCUT2D eigenvalue weighted by Gasteiger charge is 2.13. The molecule has 2 heterocycles. The van der Waals surface area contributed by atoms with Crippen LogP contribution in [0.5, 0.6) is 0 Å². The van der Waals surface area contributed by atoms with Crippen LogP contribution >= 0.6 is 11.8 Å². The summed E-state index contributed by atoms with van der Waals surface area (Å²) in [5.41, 5.74) is 0.852. The molecule has 2 aromatic rings. The average Bonchev–Trinajstić information content (AvgIpc) is 2.82. The van der Waals surface area contributed by atoms with Gasteiger partial charge >= 0.3 is 5.97 Å². The Hall–Kier alpha value is -1.83. The van der Waals surface area contributed by atoms with E-state index >= 15 is 0 Å². The van der Waals surface area contributed by atoms with Crippen molar-refractivity contribution in [3.8, 4) is 11.4 Å². The maximum absolute atomic E-state index is 10.5. The number of carbonyl (C=O) groups is 1. The zero-order chi connectivity index (χ0) is 12.4. The van der Waals surface area contributed by atoms with Crippen molar-refractivity contribution in [2.24, 2.45) is 14.1 Å². The molecule has 2 rings (SSSR count). The Balaban J connectivity index is 2.23. The Morgan fingerprint density at radius 2 is 2.24 bits per heavy atom. The second kappa shape index (κ2) is 4.58. The smallest absolute Gasteiger partial charge is 0.313 e. The van der Waals surface area contributed by atoms with Crippen LogP contribution in [-0.4, -0.2) is 41.4 Å². The van der Waals surface area contributed by atoms with Crippen molar-refractivity contribution in [1.29, 1.82) is 0 Å². The number of aromatic nitrogens is 5. The molecule has 1 N–H and O–H groups in total. The fourth-order valence-electron chi connectivity index (χ4n) is 1.35. The predicted octanol–water partition coefficient (Wildman–Crippen LogP) is 0.392. The lowest BCUT2D eigenvalue weighted by Crippen LogP contribution is -2.00.